The number of hydrogen-bond donors (Lipinski definition) is 2. The maximum absolute atomic E-state index is 12.9. The first-order valence-electron chi connectivity index (χ1n) is 9.75. The monoisotopic (exact) mass is 387 g/mol. The van der Waals surface area contributed by atoms with E-state index in [1.54, 1.807) is 10.6 Å². The Labute approximate surface area is 167 Å². The zero-order valence-electron chi connectivity index (χ0n) is 15.8. The van der Waals surface area contributed by atoms with Crippen LogP contribution in [-0.4, -0.2) is 44.5 Å². The molecule has 1 amide bonds. The fraction of sp³-hybridized carbons (Fsp3) is 0.227. The van der Waals surface area contributed by atoms with Crippen molar-refractivity contribution in [2.24, 2.45) is 0 Å². The number of carbonyl (C=O) groups is 1. The zero-order valence-corrected chi connectivity index (χ0v) is 15.8. The molecule has 1 aliphatic rings. The predicted molar refractivity (Wildman–Crippen MR) is 111 cm³/mol. The van der Waals surface area contributed by atoms with Crippen LogP contribution in [-0.2, 0) is 6.54 Å². The molecular formula is C22H21N5O2. The molecule has 29 heavy (non-hydrogen) atoms. The first kappa shape index (κ1) is 17.6. The highest BCUT2D eigenvalue weighted by Crippen LogP contribution is 2.17. The molecule has 1 unspecified atom stereocenters. The molecule has 1 fully saturated rings. The summed E-state index contributed by atoms with van der Waals surface area (Å²) in [6, 6.07) is 17.6. The molecule has 146 valence electrons. The second-order valence-electron chi connectivity index (χ2n) is 7.47. The summed E-state index contributed by atoms with van der Waals surface area (Å²) in [5.41, 5.74) is 2.53. The molecule has 0 aliphatic carbocycles. The lowest BCUT2D eigenvalue weighted by Gasteiger charge is -2.16. The van der Waals surface area contributed by atoms with Gasteiger partial charge in [-0.2, -0.15) is 5.10 Å². The van der Waals surface area contributed by atoms with E-state index in [4.69, 9.17) is 0 Å². The van der Waals surface area contributed by atoms with Gasteiger partial charge in [0.2, 0.25) is 0 Å². The number of hydrogen-bond acceptors (Lipinski definition) is 4. The summed E-state index contributed by atoms with van der Waals surface area (Å²) >= 11 is 0. The van der Waals surface area contributed by atoms with Gasteiger partial charge in [-0.3, -0.25) is 14.5 Å². The number of amides is 1. The topological polar surface area (TPSA) is 82.5 Å². The third-order valence-electron chi connectivity index (χ3n) is 5.48. The Morgan fingerprint density at radius 1 is 1.14 bits per heavy atom. The van der Waals surface area contributed by atoms with Crippen molar-refractivity contribution in [3.8, 4) is 0 Å². The quantitative estimate of drug-likeness (QED) is 0.562. The van der Waals surface area contributed by atoms with E-state index in [2.05, 4.69) is 32.4 Å². The molecule has 0 radical (unpaired) electrons. The van der Waals surface area contributed by atoms with Gasteiger partial charge in [0.1, 0.15) is 11.2 Å². The standard InChI is InChI=1S/C22H21N5O2/c28-21-17-8-4-5-9-19(17)27-20(25-21)18(12-23-27)22(29)24-16-10-11-26(14-16)13-15-6-2-1-3-7-15/h1-9,12,16H,10-11,13-14H2,(H,24,29)(H,25,28). The molecule has 2 aromatic carbocycles. The third kappa shape index (κ3) is 3.30. The van der Waals surface area contributed by atoms with Gasteiger partial charge in [-0.25, -0.2) is 4.52 Å². The van der Waals surface area contributed by atoms with E-state index in [1.165, 1.54) is 11.8 Å². The molecule has 7 nitrogen and oxygen atoms in total. The first-order valence-corrected chi connectivity index (χ1v) is 9.75. The molecular weight excluding hydrogens is 366 g/mol. The second-order valence-corrected chi connectivity index (χ2v) is 7.47. The molecule has 2 aromatic heterocycles. The van der Waals surface area contributed by atoms with Gasteiger partial charge in [-0.05, 0) is 24.1 Å². The average molecular weight is 387 g/mol. The molecule has 7 heteroatoms. The number of aromatic amines is 1. The van der Waals surface area contributed by atoms with Crippen LogP contribution in [0.1, 0.15) is 22.3 Å². The summed E-state index contributed by atoms with van der Waals surface area (Å²) < 4.78 is 1.61. The highest BCUT2D eigenvalue weighted by molar-refractivity contribution is 6.00. The van der Waals surface area contributed by atoms with Crippen LogP contribution in [0.3, 0.4) is 0 Å². The Morgan fingerprint density at radius 2 is 1.93 bits per heavy atom. The maximum Gasteiger partial charge on any atom is 0.259 e. The highest BCUT2D eigenvalue weighted by atomic mass is 16.2. The van der Waals surface area contributed by atoms with E-state index < -0.39 is 0 Å². The maximum atomic E-state index is 12.9. The van der Waals surface area contributed by atoms with Crippen LogP contribution in [0.15, 0.2) is 65.6 Å². The van der Waals surface area contributed by atoms with E-state index in [9.17, 15) is 9.59 Å². The Hall–Kier alpha value is -3.45. The van der Waals surface area contributed by atoms with E-state index in [1.807, 2.05) is 36.4 Å². The molecule has 2 N–H and O–H groups in total. The van der Waals surface area contributed by atoms with Gasteiger partial charge in [-0.1, -0.05) is 42.5 Å². The number of likely N-dealkylation sites (tertiary alicyclic amines) is 1. The summed E-state index contributed by atoms with van der Waals surface area (Å²) in [6.45, 7) is 2.62. The van der Waals surface area contributed by atoms with Gasteiger partial charge in [0.05, 0.1) is 17.1 Å². The summed E-state index contributed by atoms with van der Waals surface area (Å²) in [5, 5.41) is 7.97. The molecule has 3 heterocycles. The Morgan fingerprint density at radius 3 is 2.79 bits per heavy atom. The van der Waals surface area contributed by atoms with Crippen LogP contribution in [0.5, 0.6) is 0 Å². The van der Waals surface area contributed by atoms with Crippen molar-refractivity contribution in [3.63, 3.8) is 0 Å². The summed E-state index contributed by atoms with van der Waals surface area (Å²) in [6.07, 6.45) is 2.42. The number of benzene rings is 2. The number of nitrogens with zero attached hydrogens (tertiary/aromatic N) is 3. The van der Waals surface area contributed by atoms with Gasteiger partial charge < -0.3 is 10.3 Å². The smallest absolute Gasteiger partial charge is 0.259 e. The number of nitrogens with one attached hydrogen (secondary N) is 2. The Balaban J connectivity index is 1.34. The number of aromatic nitrogens is 3. The van der Waals surface area contributed by atoms with E-state index >= 15 is 0 Å². The molecule has 1 saturated heterocycles. The number of para-hydroxylation sites is 1. The largest absolute Gasteiger partial charge is 0.348 e. The number of fused-ring (bicyclic) bond motifs is 3. The molecule has 0 spiro atoms. The SMILES string of the molecule is O=C(NC1CCN(Cc2ccccc2)C1)c1cnn2c1[nH]c(=O)c1ccccc12. The van der Waals surface area contributed by atoms with Gasteiger partial charge in [0.15, 0.2) is 0 Å². The first-order chi connectivity index (χ1) is 14.2. The highest BCUT2D eigenvalue weighted by Gasteiger charge is 2.25. The van der Waals surface area contributed by atoms with Gasteiger partial charge in [0.25, 0.3) is 11.5 Å². The van der Waals surface area contributed by atoms with Gasteiger partial charge >= 0.3 is 0 Å². The van der Waals surface area contributed by atoms with Crippen molar-refractivity contribution >= 4 is 22.5 Å². The van der Waals surface area contributed by atoms with Crippen molar-refractivity contribution in [1.29, 1.82) is 0 Å². The van der Waals surface area contributed by atoms with Crippen molar-refractivity contribution in [3.05, 3.63) is 82.3 Å². The van der Waals surface area contributed by atoms with Crippen LogP contribution in [0, 0.1) is 0 Å². The molecule has 5 rings (SSSR count). The number of carbonyl (C=O) groups excluding carboxylic acids is 1. The second kappa shape index (κ2) is 7.18. The predicted octanol–water partition coefficient (Wildman–Crippen LogP) is 2.18. The third-order valence-corrected chi connectivity index (χ3v) is 5.48. The van der Waals surface area contributed by atoms with Crippen LogP contribution in [0.2, 0.25) is 0 Å². The van der Waals surface area contributed by atoms with Gasteiger partial charge in [0, 0.05) is 25.7 Å². The molecule has 0 bridgehead atoms. The summed E-state index contributed by atoms with van der Waals surface area (Å²) in [5.74, 6) is -0.211. The van der Waals surface area contributed by atoms with Crippen LogP contribution in [0.25, 0.3) is 16.6 Å². The minimum Gasteiger partial charge on any atom is -0.348 e. The zero-order chi connectivity index (χ0) is 19.8. The lowest BCUT2D eigenvalue weighted by atomic mass is 10.2. The molecule has 4 aromatic rings. The lowest BCUT2D eigenvalue weighted by Crippen LogP contribution is -2.37. The summed E-state index contributed by atoms with van der Waals surface area (Å²) in [4.78, 5) is 30.4. The lowest BCUT2D eigenvalue weighted by molar-refractivity contribution is 0.0939. The van der Waals surface area contributed by atoms with E-state index in [0.29, 0.717) is 22.1 Å². The van der Waals surface area contributed by atoms with Crippen molar-refractivity contribution in [2.45, 2.75) is 19.0 Å². The normalized spacial score (nSPS) is 17.2. The van der Waals surface area contributed by atoms with Crippen LogP contribution >= 0.6 is 0 Å². The van der Waals surface area contributed by atoms with E-state index in [0.717, 1.165) is 26.1 Å². The Kier molecular flexibility index (Phi) is 4.37. The average Bonchev–Trinajstić information content (AvgIpc) is 3.36. The molecule has 1 atom stereocenters. The van der Waals surface area contributed by atoms with Crippen molar-refractivity contribution in [2.75, 3.05) is 13.1 Å². The van der Waals surface area contributed by atoms with Gasteiger partial charge in [-0.15, -0.1) is 0 Å². The minimum atomic E-state index is -0.224. The van der Waals surface area contributed by atoms with Crippen LogP contribution < -0.4 is 10.9 Å². The molecule has 1 aliphatic heterocycles. The Bertz CT molecular complexity index is 1240. The van der Waals surface area contributed by atoms with Crippen molar-refractivity contribution in [1.82, 2.24) is 24.8 Å². The number of H-pyrrole nitrogens is 1. The number of rotatable bonds is 4. The fourth-order valence-corrected chi connectivity index (χ4v) is 4.04. The summed E-state index contributed by atoms with van der Waals surface area (Å²) in [7, 11) is 0. The fourth-order valence-electron chi connectivity index (χ4n) is 4.04. The minimum absolute atomic E-state index is 0.0772. The van der Waals surface area contributed by atoms with Crippen molar-refractivity contribution < 1.29 is 4.79 Å². The van der Waals surface area contributed by atoms with Crippen LogP contribution in [0.4, 0.5) is 0 Å². The molecule has 0 saturated carbocycles. The van der Waals surface area contributed by atoms with E-state index in [-0.39, 0.29) is 17.5 Å².